The molecule has 0 fully saturated rings. The van der Waals surface area contributed by atoms with E-state index in [1.165, 1.54) is 64.2 Å². The summed E-state index contributed by atoms with van der Waals surface area (Å²) in [4.78, 5) is 10.2. The molecule has 0 aromatic rings. The van der Waals surface area contributed by atoms with E-state index in [0.29, 0.717) is 0 Å². The Bertz CT molecular complexity index is 178. The van der Waals surface area contributed by atoms with Crippen molar-refractivity contribution in [1.82, 2.24) is 0 Å². The van der Waals surface area contributed by atoms with E-state index < -0.39 is 5.97 Å². The van der Waals surface area contributed by atoms with E-state index in [-0.39, 0.29) is 6.42 Å². The molecule has 0 amide bonds. The SMILES string of the molecule is [CH2]CCCCCCCCCCCCCCC([O])=O. The van der Waals surface area contributed by atoms with E-state index in [1.54, 1.807) is 0 Å². The van der Waals surface area contributed by atoms with E-state index in [0.717, 1.165) is 19.3 Å². The molecule has 0 unspecified atom stereocenters. The van der Waals surface area contributed by atoms with Crippen molar-refractivity contribution in [2.24, 2.45) is 0 Å². The molecule has 0 spiro atoms. The second-order valence-electron chi connectivity index (χ2n) is 5.22. The van der Waals surface area contributed by atoms with Crippen LogP contribution in [0.3, 0.4) is 0 Å². The van der Waals surface area contributed by atoms with Crippen molar-refractivity contribution in [2.45, 2.75) is 89.9 Å². The summed E-state index contributed by atoms with van der Waals surface area (Å²) >= 11 is 0. The van der Waals surface area contributed by atoms with Crippen LogP contribution < -0.4 is 0 Å². The maximum absolute atomic E-state index is 10.2. The lowest BCUT2D eigenvalue weighted by atomic mass is 10.0. The first kappa shape index (κ1) is 17.5. The summed E-state index contributed by atoms with van der Waals surface area (Å²) in [6, 6.07) is 0. The van der Waals surface area contributed by atoms with Gasteiger partial charge in [-0.3, -0.25) is 0 Å². The summed E-state index contributed by atoms with van der Waals surface area (Å²) in [7, 11) is 0. The number of hydrogen-bond donors (Lipinski definition) is 0. The molecule has 18 heavy (non-hydrogen) atoms. The normalized spacial score (nSPS) is 10.7. The Labute approximate surface area is 113 Å². The van der Waals surface area contributed by atoms with Crippen LogP contribution in [0, 0.1) is 6.92 Å². The third-order valence-corrected chi connectivity index (χ3v) is 3.38. The molecule has 0 aromatic heterocycles. The van der Waals surface area contributed by atoms with Crippen molar-refractivity contribution in [3.63, 3.8) is 0 Å². The zero-order valence-corrected chi connectivity index (χ0v) is 11.9. The maximum Gasteiger partial charge on any atom is 0.355 e. The Morgan fingerprint density at radius 1 is 0.611 bits per heavy atom. The van der Waals surface area contributed by atoms with Crippen LogP contribution in [-0.2, 0) is 9.90 Å². The van der Waals surface area contributed by atoms with Gasteiger partial charge < -0.3 is 0 Å². The van der Waals surface area contributed by atoms with Crippen molar-refractivity contribution in [3.8, 4) is 0 Å². The van der Waals surface area contributed by atoms with Crippen molar-refractivity contribution >= 4 is 5.97 Å². The number of carbonyl (C=O) groups excluding carboxylic acids is 1. The van der Waals surface area contributed by atoms with Gasteiger partial charge in [0.2, 0.25) is 0 Å². The summed E-state index contributed by atoms with van der Waals surface area (Å²) in [5.41, 5.74) is 0. The lowest BCUT2D eigenvalue weighted by Crippen LogP contribution is -1.91. The van der Waals surface area contributed by atoms with Crippen molar-refractivity contribution in [1.29, 1.82) is 0 Å². The third-order valence-electron chi connectivity index (χ3n) is 3.38. The van der Waals surface area contributed by atoms with Gasteiger partial charge in [-0.25, -0.2) is 9.90 Å². The third kappa shape index (κ3) is 15.5. The van der Waals surface area contributed by atoms with Gasteiger partial charge in [0, 0.05) is 0 Å². The van der Waals surface area contributed by atoms with Crippen molar-refractivity contribution in [3.05, 3.63) is 6.92 Å². The van der Waals surface area contributed by atoms with Crippen molar-refractivity contribution < 1.29 is 9.90 Å². The molecule has 0 aliphatic heterocycles. The van der Waals surface area contributed by atoms with Crippen LogP contribution in [0.15, 0.2) is 0 Å². The van der Waals surface area contributed by atoms with Gasteiger partial charge in [0.1, 0.15) is 0 Å². The number of hydrogen-bond acceptors (Lipinski definition) is 1. The maximum atomic E-state index is 10.2. The minimum absolute atomic E-state index is 0.229. The minimum atomic E-state index is -0.908. The summed E-state index contributed by atoms with van der Waals surface area (Å²) in [6.45, 7) is 3.85. The molecule has 0 rings (SSSR count). The molecule has 0 N–H and O–H groups in total. The van der Waals surface area contributed by atoms with Gasteiger partial charge in [-0.1, -0.05) is 84.0 Å². The Morgan fingerprint density at radius 3 is 1.28 bits per heavy atom. The molecule has 0 atom stereocenters. The largest absolute Gasteiger partial charge is 0.355 e. The monoisotopic (exact) mass is 254 g/mol. The second kappa shape index (κ2) is 14.5. The fraction of sp³-hybridized carbons (Fsp3) is 0.875. The quantitative estimate of drug-likeness (QED) is 0.391. The van der Waals surface area contributed by atoms with Crippen LogP contribution in [0.1, 0.15) is 89.9 Å². The first-order chi connectivity index (χ1) is 8.77. The van der Waals surface area contributed by atoms with Gasteiger partial charge in [0.25, 0.3) is 0 Å². The molecule has 0 aliphatic rings. The zero-order valence-electron chi connectivity index (χ0n) is 11.9. The van der Waals surface area contributed by atoms with Crippen molar-refractivity contribution in [2.75, 3.05) is 0 Å². The molecule has 0 aliphatic carbocycles. The average molecular weight is 254 g/mol. The molecule has 0 heterocycles. The predicted octanol–water partition coefficient (Wildman–Crippen LogP) is 5.24. The number of rotatable bonds is 14. The van der Waals surface area contributed by atoms with Gasteiger partial charge in [-0.15, -0.1) is 0 Å². The van der Waals surface area contributed by atoms with E-state index in [9.17, 15) is 9.90 Å². The minimum Gasteiger partial charge on any atom is -0.247 e. The Balaban J connectivity index is 2.92. The molecular weight excluding hydrogens is 224 g/mol. The fourth-order valence-electron chi connectivity index (χ4n) is 2.21. The Hall–Kier alpha value is -0.530. The summed E-state index contributed by atoms with van der Waals surface area (Å²) in [6.07, 6.45) is 16.4. The number of unbranched alkanes of at least 4 members (excludes halogenated alkanes) is 12. The average Bonchev–Trinajstić information content (AvgIpc) is 2.34. The fourth-order valence-corrected chi connectivity index (χ4v) is 2.21. The highest BCUT2D eigenvalue weighted by Crippen LogP contribution is 2.12. The first-order valence-corrected chi connectivity index (χ1v) is 7.76. The van der Waals surface area contributed by atoms with E-state index in [2.05, 4.69) is 6.92 Å². The molecule has 2 radical (unpaired) electrons. The second-order valence-corrected chi connectivity index (χ2v) is 5.22. The lowest BCUT2D eigenvalue weighted by Gasteiger charge is -2.02. The molecule has 106 valence electrons. The van der Waals surface area contributed by atoms with Gasteiger partial charge in [-0.2, -0.15) is 0 Å². The zero-order chi connectivity index (χ0) is 13.5. The molecular formula is C16H30O2. The van der Waals surface area contributed by atoms with Gasteiger partial charge >= 0.3 is 5.97 Å². The van der Waals surface area contributed by atoms with Crippen LogP contribution >= 0.6 is 0 Å². The van der Waals surface area contributed by atoms with E-state index in [4.69, 9.17) is 0 Å². The lowest BCUT2D eigenvalue weighted by molar-refractivity contribution is -0.143. The summed E-state index contributed by atoms with van der Waals surface area (Å²) in [5.74, 6) is -0.908. The molecule has 2 heteroatoms. The van der Waals surface area contributed by atoms with E-state index >= 15 is 0 Å². The van der Waals surface area contributed by atoms with Gasteiger partial charge in [0.15, 0.2) is 0 Å². The summed E-state index contributed by atoms with van der Waals surface area (Å²) < 4.78 is 0. The Morgan fingerprint density at radius 2 is 0.944 bits per heavy atom. The molecule has 2 nitrogen and oxygen atoms in total. The van der Waals surface area contributed by atoms with Gasteiger partial charge in [-0.05, 0) is 6.42 Å². The first-order valence-electron chi connectivity index (χ1n) is 7.76. The molecule has 0 bridgehead atoms. The standard InChI is InChI=1S/C16H30O2/c1-2-3-4-5-6-7-8-9-10-11-12-13-14-15-16(17)18/h1-15H2. The van der Waals surface area contributed by atoms with Crippen LogP contribution in [0.25, 0.3) is 0 Å². The molecule has 0 aromatic carbocycles. The molecule has 0 saturated heterocycles. The highest BCUT2D eigenvalue weighted by atomic mass is 16.4. The van der Waals surface area contributed by atoms with Gasteiger partial charge in [0.05, 0.1) is 6.42 Å². The highest BCUT2D eigenvalue weighted by molar-refractivity contribution is 5.66. The van der Waals surface area contributed by atoms with Crippen LogP contribution in [-0.4, -0.2) is 5.97 Å². The summed E-state index contributed by atoms with van der Waals surface area (Å²) in [5, 5.41) is 10.2. The van der Waals surface area contributed by atoms with Crippen LogP contribution in [0.4, 0.5) is 0 Å². The van der Waals surface area contributed by atoms with Crippen LogP contribution in [0.2, 0.25) is 0 Å². The molecule has 0 saturated carbocycles. The highest BCUT2D eigenvalue weighted by Gasteiger charge is 1.98. The van der Waals surface area contributed by atoms with E-state index in [1.807, 2.05) is 0 Å². The number of carbonyl (C=O) groups is 1. The predicted molar refractivity (Wildman–Crippen MR) is 75.7 cm³/mol. The van der Waals surface area contributed by atoms with Crippen LogP contribution in [0.5, 0.6) is 0 Å². The smallest absolute Gasteiger partial charge is 0.247 e. The Kier molecular flexibility index (Phi) is 14.1. The topological polar surface area (TPSA) is 37.0 Å².